The van der Waals surface area contributed by atoms with Gasteiger partial charge in [0.2, 0.25) is 0 Å². The van der Waals surface area contributed by atoms with E-state index in [1.54, 1.807) is 49.4 Å². The fourth-order valence-corrected chi connectivity index (χ4v) is 2.48. The number of hydrogen-bond acceptors (Lipinski definition) is 5. The Balaban J connectivity index is 1.98. The average Bonchev–Trinajstić information content (AvgIpc) is 2.67. The molecular weight excluding hydrogens is 376 g/mol. The number of thiocarbonyl (C=S) groups is 1. The van der Waals surface area contributed by atoms with Crippen molar-refractivity contribution < 1.29 is 19.1 Å². The lowest BCUT2D eigenvalue weighted by molar-refractivity contribution is 0.0526. The number of esters is 1. The van der Waals surface area contributed by atoms with Gasteiger partial charge in [-0.25, -0.2) is 4.79 Å². The van der Waals surface area contributed by atoms with E-state index in [0.717, 1.165) is 0 Å². The van der Waals surface area contributed by atoms with Gasteiger partial charge in [0.25, 0.3) is 5.91 Å². The molecule has 0 unspecified atom stereocenters. The van der Waals surface area contributed by atoms with Crippen molar-refractivity contribution >= 4 is 34.9 Å². The fourth-order valence-electron chi connectivity index (χ4n) is 2.27. The molecule has 0 aliphatic carbocycles. The van der Waals surface area contributed by atoms with Gasteiger partial charge >= 0.3 is 5.97 Å². The molecule has 0 saturated heterocycles. The Bertz CT molecular complexity index is 835. The van der Waals surface area contributed by atoms with Crippen LogP contribution in [0.15, 0.2) is 48.5 Å². The van der Waals surface area contributed by atoms with Crippen molar-refractivity contribution in [3.8, 4) is 5.75 Å². The number of benzene rings is 2. The molecule has 0 heterocycles. The van der Waals surface area contributed by atoms with Gasteiger partial charge in [-0.2, -0.15) is 0 Å². The Morgan fingerprint density at radius 2 is 1.75 bits per heavy atom. The summed E-state index contributed by atoms with van der Waals surface area (Å²) in [6.07, 6.45) is 0. The van der Waals surface area contributed by atoms with E-state index in [1.165, 1.54) is 0 Å². The number of amides is 1. The molecule has 6 nitrogen and oxygen atoms in total. The normalized spacial score (nSPS) is 10.3. The molecule has 2 rings (SSSR count). The van der Waals surface area contributed by atoms with E-state index in [-0.39, 0.29) is 17.0 Å². The molecule has 0 atom stereocenters. The predicted octanol–water partition coefficient (Wildman–Crippen LogP) is 4.02. The highest BCUT2D eigenvalue weighted by atomic mass is 32.1. The smallest absolute Gasteiger partial charge is 0.338 e. The second-order valence-corrected chi connectivity index (χ2v) is 6.82. The minimum atomic E-state index is -0.386. The van der Waals surface area contributed by atoms with Crippen molar-refractivity contribution in [2.45, 2.75) is 20.8 Å². The van der Waals surface area contributed by atoms with Crippen LogP contribution in [0.3, 0.4) is 0 Å². The topological polar surface area (TPSA) is 76.7 Å². The number of carbonyl (C=O) groups excluding carboxylic acids is 2. The summed E-state index contributed by atoms with van der Waals surface area (Å²) in [4.78, 5) is 24.2. The maximum atomic E-state index is 12.5. The van der Waals surface area contributed by atoms with Gasteiger partial charge in [-0.15, -0.1) is 0 Å². The van der Waals surface area contributed by atoms with Gasteiger partial charge in [-0.3, -0.25) is 10.1 Å². The van der Waals surface area contributed by atoms with Crippen LogP contribution >= 0.6 is 12.2 Å². The van der Waals surface area contributed by atoms with Crippen LogP contribution in [0.25, 0.3) is 0 Å². The molecule has 0 aliphatic rings. The van der Waals surface area contributed by atoms with Gasteiger partial charge in [0, 0.05) is 5.69 Å². The Morgan fingerprint density at radius 1 is 1.07 bits per heavy atom. The monoisotopic (exact) mass is 400 g/mol. The lowest BCUT2D eigenvalue weighted by Crippen LogP contribution is -2.34. The largest absolute Gasteiger partial charge is 0.492 e. The lowest BCUT2D eigenvalue weighted by atomic mass is 10.2. The summed E-state index contributed by atoms with van der Waals surface area (Å²) in [5.41, 5.74) is 1.49. The summed E-state index contributed by atoms with van der Waals surface area (Å²) in [6.45, 7) is 6.65. The maximum absolute atomic E-state index is 12.5. The van der Waals surface area contributed by atoms with Gasteiger partial charge < -0.3 is 14.8 Å². The zero-order valence-corrected chi connectivity index (χ0v) is 17.0. The first-order valence-electron chi connectivity index (χ1n) is 9.02. The second-order valence-electron chi connectivity index (χ2n) is 6.41. The highest BCUT2D eigenvalue weighted by molar-refractivity contribution is 7.80. The van der Waals surface area contributed by atoms with Crippen LogP contribution in [0.4, 0.5) is 5.69 Å². The van der Waals surface area contributed by atoms with Crippen LogP contribution in [0, 0.1) is 5.92 Å². The zero-order valence-electron chi connectivity index (χ0n) is 16.2. The van der Waals surface area contributed by atoms with Gasteiger partial charge in [0.1, 0.15) is 5.75 Å². The number of nitrogens with one attached hydrogen (secondary N) is 2. The van der Waals surface area contributed by atoms with E-state index in [9.17, 15) is 9.59 Å². The van der Waals surface area contributed by atoms with Crippen LogP contribution in [-0.4, -0.2) is 30.2 Å². The minimum absolute atomic E-state index is 0.146. The highest BCUT2D eigenvalue weighted by Gasteiger charge is 2.14. The molecule has 0 spiro atoms. The molecule has 28 heavy (non-hydrogen) atoms. The maximum Gasteiger partial charge on any atom is 0.338 e. The van der Waals surface area contributed by atoms with Crippen LogP contribution in [0.1, 0.15) is 41.5 Å². The molecule has 0 fully saturated rings. The number of para-hydroxylation sites is 1. The second kappa shape index (κ2) is 10.4. The minimum Gasteiger partial charge on any atom is -0.492 e. The molecule has 0 radical (unpaired) electrons. The standard InChI is InChI=1S/C21H24N2O4S/c1-4-26-20(25)15-9-11-16(12-10-15)22-21(28)23-19(24)17-7-5-6-8-18(17)27-13-14(2)3/h5-12,14H,4,13H2,1-3H3,(H2,22,23,24,28). The molecule has 148 valence electrons. The number of ether oxygens (including phenoxy) is 2. The van der Waals surface area contributed by atoms with Crippen LogP contribution < -0.4 is 15.4 Å². The van der Waals surface area contributed by atoms with Crippen molar-refractivity contribution in [1.82, 2.24) is 5.32 Å². The first kappa shape index (κ1) is 21.4. The third-order valence-electron chi connectivity index (χ3n) is 3.58. The summed E-state index contributed by atoms with van der Waals surface area (Å²) in [5, 5.41) is 5.70. The van der Waals surface area contributed by atoms with E-state index in [0.29, 0.717) is 41.7 Å². The van der Waals surface area contributed by atoms with Crippen molar-refractivity contribution in [3.05, 3.63) is 59.7 Å². The molecule has 0 aromatic heterocycles. The molecule has 7 heteroatoms. The molecule has 1 amide bonds. The van der Waals surface area contributed by atoms with E-state index in [4.69, 9.17) is 21.7 Å². The van der Waals surface area contributed by atoms with Crippen LogP contribution in [0.5, 0.6) is 5.75 Å². The molecule has 0 aliphatic heterocycles. The Hall–Kier alpha value is -2.93. The predicted molar refractivity (Wildman–Crippen MR) is 113 cm³/mol. The highest BCUT2D eigenvalue weighted by Crippen LogP contribution is 2.19. The molecular formula is C21H24N2O4S. The summed E-state index contributed by atoms with van der Waals surface area (Å²) >= 11 is 5.21. The third-order valence-corrected chi connectivity index (χ3v) is 3.79. The van der Waals surface area contributed by atoms with Crippen molar-refractivity contribution in [3.63, 3.8) is 0 Å². The molecule has 0 bridgehead atoms. The van der Waals surface area contributed by atoms with Gasteiger partial charge in [-0.05, 0) is 61.5 Å². The van der Waals surface area contributed by atoms with E-state index in [2.05, 4.69) is 10.6 Å². The zero-order chi connectivity index (χ0) is 20.5. The molecule has 0 saturated carbocycles. The van der Waals surface area contributed by atoms with Gasteiger partial charge in [0.05, 0.1) is 24.3 Å². The lowest BCUT2D eigenvalue weighted by Gasteiger charge is -2.14. The summed E-state index contributed by atoms with van der Waals surface area (Å²) in [6, 6.07) is 13.6. The van der Waals surface area contributed by atoms with E-state index >= 15 is 0 Å². The summed E-state index contributed by atoms with van der Waals surface area (Å²) in [5.74, 6) is 0.106. The van der Waals surface area contributed by atoms with Crippen LogP contribution in [-0.2, 0) is 4.74 Å². The fraction of sp³-hybridized carbons (Fsp3) is 0.286. The average molecular weight is 401 g/mol. The number of hydrogen-bond donors (Lipinski definition) is 2. The number of rotatable bonds is 7. The van der Waals surface area contributed by atoms with Crippen molar-refractivity contribution in [2.75, 3.05) is 18.5 Å². The Labute approximate surface area is 170 Å². The number of carbonyl (C=O) groups is 2. The number of anilines is 1. The Morgan fingerprint density at radius 3 is 2.39 bits per heavy atom. The third kappa shape index (κ3) is 6.35. The Kier molecular flexibility index (Phi) is 7.95. The SMILES string of the molecule is CCOC(=O)c1ccc(NC(=S)NC(=O)c2ccccc2OCC(C)C)cc1. The first-order valence-corrected chi connectivity index (χ1v) is 9.42. The van der Waals surface area contributed by atoms with Crippen molar-refractivity contribution in [2.24, 2.45) is 5.92 Å². The van der Waals surface area contributed by atoms with Crippen LogP contribution in [0.2, 0.25) is 0 Å². The molecule has 2 aromatic rings. The van der Waals surface area contributed by atoms with Gasteiger partial charge in [-0.1, -0.05) is 26.0 Å². The van der Waals surface area contributed by atoms with E-state index < -0.39 is 0 Å². The quantitative estimate of drug-likeness (QED) is 0.540. The molecule has 2 aromatic carbocycles. The summed E-state index contributed by atoms with van der Waals surface area (Å²) < 4.78 is 10.6. The summed E-state index contributed by atoms with van der Waals surface area (Å²) in [7, 11) is 0. The first-order chi connectivity index (χ1) is 13.4. The van der Waals surface area contributed by atoms with E-state index in [1.807, 2.05) is 19.9 Å². The van der Waals surface area contributed by atoms with Crippen molar-refractivity contribution in [1.29, 1.82) is 0 Å². The van der Waals surface area contributed by atoms with Gasteiger partial charge in [0.15, 0.2) is 5.11 Å². The molecule has 2 N–H and O–H groups in total.